The molecule has 5 heteroatoms. The van der Waals surface area contributed by atoms with Gasteiger partial charge in [-0.2, -0.15) is 0 Å². The third-order valence-corrected chi connectivity index (χ3v) is 4.23. The van der Waals surface area contributed by atoms with Gasteiger partial charge in [-0.05, 0) is 20.3 Å². The second-order valence-corrected chi connectivity index (χ2v) is 6.12. The molecule has 0 spiro atoms. The molecule has 1 aromatic heterocycles. The number of rotatable bonds is 3. The van der Waals surface area contributed by atoms with Crippen molar-refractivity contribution in [3.8, 4) is 0 Å². The molecule has 1 aromatic rings. The van der Waals surface area contributed by atoms with E-state index in [-0.39, 0.29) is 0 Å². The number of aromatic nitrogens is 1. The molecule has 1 unspecified atom stereocenters. The topological polar surface area (TPSA) is 37.3 Å². The van der Waals surface area contributed by atoms with Gasteiger partial charge in [0.15, 0.2) is 5.17 Å². The molecule has 2 rings (SSSR count). The Morgan fingerprint density at radius 1 is 1.62 bits per heavy atom. The summed E-state index contributed by atoms with van der Waals surface area (Å²) in [5.74, 6) is 1.18. The fraction of sp³-hybridized carbons (Fsp3) is 0.636. The fourth-order valence-electron chi connectivity index (χ4n) is 1.54. The quantitative estimate of drug-likeness (QED) is 0.901. The van der Waals surface area contributed by atoms with Crippen LogP contribution in [0.15, 0.2) is 10.4 Å². The highest BCUT2D eigenvalue weighted by atomic mass is 32.2. The summed E-state index contributed by atoms with van der Waals surface area (Å²) in [6.45, 7) is 5.09. The van der Waals surface area contributed by atoms with Gasteiger partial charge < -0.3 is 5.32 Å². The average Bonchev–Trinajstić information content (AvgIpc) is 2.64. The lowest BCUT2D eigenvalue weighted by Crippen LogP contribution is -2.35. The second kappa shape index (κ2) is 5.68. The molecule has 0 amide bonds. The van der Waals surface area contributed by atoms with Crippen molar-refractivity contribution in [2.45, 2.75) is 32.7 Å². The van der Waals surface area contributed by atoms with Crippen LogP contribution in [0.2, 0.25) is 0 Å². The minimum Gasteiger partial charge on any atom is -0.362 e. The Morgan fingerprint density at radius 2 is 2.50 bits per heavy atom. The largest absolute Gasteiger partial charge is 0.362 e. The monoisotopic (exact) mass is 255 g/mol. The number of hydrogen-bond donors (Lipinski definition) is 1. The maximum atomic E-state index is 4.57. The number of thiazole rings is 1. The van der Waals surface area contributed by atoms with Crippen LogP contribution in [0.5, 0.6) is 0 Å². The van der Waals surface area contributed by atoms with Crippen LogP contribution < -0.4 is 5.32 Å². The van der Waals surface area contributed by atoms with Gasteiger partial charge in [0.25, 0.3) is 0 Å². The third kappa shape index (κ3) is 3.49. The standard InChI is InChI=1S/C11H17N3S2/c1-8-4-6-15-11(13-8)12-5-3-10-7-16-9(2)14-10/h7-8H,3-6H2,1-2H3,(H,12,13). The zero-order valence-corrected chi connectivity index (χ0v) is 11.3. The molecule has 0 bridgehead atoms. The molecule has 0 radical (unpaired) electrons. The van der Waals surface area contributed by atoms with Crippen molar-refractivity contribution in [3.63, 3.8) is 0 Å². The molecule has 1 atom stereocenters. The summed E-state index contributed by atoms with van der Waals surface area (Å²) in [7, 11) is 0. The van der Waals surface area contributed by atoms with Crippen molar-refractivity contribution in [2.24, 2.45) is 4.99 Å². The van der Waals surface area contributed by atoms with E-state index in [1.807, 2.05) is 18.7 Å². The minimum absolute atomic E-state index is 0.571. The van der Waals surface area contributed by atoms with E-state index in [1.54, 1.807) is 11.3 Å². The highest BCUT2D eigenvalue weighted by Crippen LogP contribution is 2.14. The number of aryl methyl sites for hydroxylation is 1. The molecular formula is C11H17N3S2. The SMILES string of the molecule is Cc1nc(CCN=C2NC(C)CCS2)cs1. The molecule has 2 heterocycles. The summed E-state index contributed by atoms with van der Waals surface area (Å²) < 4.78 is 0. The Kier molecular flexibility index (Phi) is 4.23. The van der Waals surface area contributed by atoms with Gasteiger partial charge >= 0.3 is 0 Å². The first kappa shape index (κ1) is 11.9. The van der Waals surface area contributed by atoms with Gasteiger partial charge in [0, 0.05) is 30.1 Å². The van der Waals surface area contributed by atoms with E-state index in [1.165, 1.54) is 17.9 Å². The van der Waals surface area contributed by atoms with Crippen molar-refractivity contribution in [2.75, 3.05) is 12.3 Å². The Morgan fingerprint density at radius 3 is 3.19 bits per heavy atom. The highest BCUT2D eigenvalue weighted by Gasteiger charge is 2.12. The Hall–Kier alpha value is -0.550. The molecule has 88 valence electrons. The maximum absolute atomic E-state index is 4.57. The van der Waals surface area contributed by atoms with E-state index in [4.69, 9.17) is 0 Å². The first-order valence-corrected chi connectivity index (χ1v) is 7.45. The zero-order chi connectivity index (χ0) is 11.4. The van der Waals surface area contributed by atoms with Crippen LogP contribution in [0, 0.1) is 6.92 Å². The Balaban J connectivity index is 1.80. The van der Waals surface area contributed by atoms with E-state index >= 15 is 0 Å². The number of nitrogens with zero attached hydrogens (tertiary/aromatic N) is 2. The van der Waals surface area contributed by atoms with Crippen molar-refractivity contribution < 1.29 is 0 Å². The van der Waals surface area contributed by atoms with Crippen LogP contribution in [0.3, 0.4) is 0 Å². The summed E-state index contributed by atoms with van der Waals surface area (Å²) >= 11 is 3.54. The molecule has 0 aromatic carbocycles. The van der Waals surface area contributed by atoms with Gasteiger partial charge in [-0.15, -0.1) is 11.3 Å². The molecule has 1 saturated heterocycles. The summed E-state index contributed by atoms with van der Waals surface area (Å²) in [4.78, 5) is 9.00. The predicted molar refractivity (Wildman–Crippen MR) is 72.5 cm³/mol. The van der Waals surface area contributed by atoms with E-state index < -0.39 is 0 Å². The summed E-state index contributed by atoms with van der Waals surface area (Å²) in [5.41, 5.74) is 1.17. The van der Waals surface area contributed by atoms with Crippen LogP contribution in [0.4, 0.5) is 0 Å². The molecule has 1 aliphatic rings. The summed E-state index contributed by atoms with van der Waals surface area (Å²) in [5, 5.41) is 7.77. The summed E-state index contributed by atoms with van der Waals surface area (Å²) in [6.07, 6.45) is 2.18. The first-order chi connectivity index (χ1) is 7.74. The lowest BCUT2D eigenvalue weighted by molar-refractivity contribution is 0.642. The van der Waals surface area contributed by atoms with E-state index in [0.29, 0.717) is 6.04 Å². The Labute approximate surface area is 105 Å². The lowest BCUT2D eigenvalue weighted by atomic mass is 10.3. The van der Waals surface area contributed by atoms with Crippen LogP contribution in [0.1, 0.15) is 24.0 Å². The third-order valence-electron chi connectivity index (χ3n) is 2.45. The summed E-state index contributed by atoms with van der Waals surface area (Å²) in [6, 6.07) is 0.571. The van der Waals surface area contributed by atoms with Gasteiger partial charge in [0.05, 0.1) is 10.7 Å². The van der Waals surface area contributed by atoms with Crippen LogP contribution in [-0.2, 0) is 6.42 Å². The first-order valence-electron chi connectivity index (χ1n) is 5.59. The molecule has 16 heavy (non-hydrogen) atoms. The number of hydrogen-bond acceptors (Lipinski definition) is 4. The number of aliphatic imine (C=N–C) groups is 1. The van der Waals surface area contributed by atoms with E-state index in [9.17, 15) is 0 Å². The van der Waals surface area contributed by atoms with Gasteiger partial charge in [-0.25, -0.2) is 4.98 Å². The van der Waals surface area contributed by atoms with Gasteiger partial charge in [0.2, 0.25) is 0 Å². The van der Waals surface area contributed by atoms with Crippen molar-refractivity contribution in [3.05, 3.63) is 16.1 Å². The number of amidine groups is 1. The molecule has 1 aliphatic heterocycles. The van der Waals surface area contributed by atoms with Gasteiger partial charge in [0.1, 0.15) is 0 Å². The van der Waals surface area contributed by atoms with E-state index in [0.717, 1.165) is 23.1 Å². The van der Waals surface area contributed by atoms with Crippen molar-refractivity contribution in [1.82, 2.24) is 10.3 Å². The average molecular weight is 255 g/mol. The molecule has 1 fully saturated rings. The maximum Gasteiger partial charge on any atom is 0.156 e. The van der Waals surface area contributed by atoms with Gasteiger partial charge in [-0.1, -0.05) is 11.8 Å². The molecule has 1 N–H and O–H groups in total. The van der Waals surface area contributed by atoms with E-state index in [2.05, 4.69) is 27.6 Å². The highest BCUT2D eigenvalue weighted by molar-refractivity contribution is 8.13. The normalized spacial score (nSPS) is 23.4. The van der Waals surface area contributed by atoms with Gasteiger partial charge in [-0.3, -0.25) is 4.99 Å². The number of thioether (sulfide) groups is 1. The molecular weight excluding hydrogens is 238 g/mol. The van der Waals surface area contributed by atoms with Crippen LogP contribution in [-0.4, -0.2) is 28.5 Å². The van der Waals surface area contributed by atoms with Crippen LogP contribution >= 0.6 is 23.1 Å². The predicted octanol–water partition coefficient (Wildman–Crippen LogP) is 2.47. The second-order valence-electron chi connectivity index (χ2n) is 3.98. The Bertz CT molecular complexity index is 373. The number of nitrogens with one attached hydrogen (secondary N) is 1. The minimum atomic E-state index is 0.571. The zero-order valence-electron chi connectivity index (χ0n) is 9.69. The fourth-order valence-corrected chi connectivity index (χ4v) is 3.32. The molecule has 0 saturated carbocycles. The lowest BCUT2D eigenvalue weighted by Gasteiger charge is -2.21. The van der Waals surface area contributed by atoms with Crippen molar-refractivity contribution in [1.29, 1.82) is 0 Å². The molecule has 0 aliphatic carbocycles. The smallest absolute Gasteiger partial charge is 0.156 e. The van der Waals surface area contributed by atoms with Crippen molar-refractivity contribution >= 4 is 28.3 Å². The molecule has 3 nitrogen and oxygen atoms in total. The van der Waals surface area contributed by atoms with Crippen LogP contribution in [0.25, 0.3) is 0 Å².